The molecule has 0 bridgehead atoms. The smallest absolute Gasteiger partial charge is 0.323 e. The molecule has 0 saturated heterocycles. The maximum Gasteiger partial charge on any atom is 0.323 e. The Morgan fingerprint density at radius 1 is 1.14 bits per heavy atom. The van der Waals surface area contributed by atoms with E-state index in [1.165, 1.54) is 0 Å². The lowest BCUT2D eigenvalue weighted by Crippen LogP contribution is -2.30. The molecule has 21 heavy (non-hydrogen) atoms. The summed E-state index contributed by atoms with van der Waals surface area (Å²) in [5, 5.41) is 3.18. The molecule has 0 amide bonds. The largest absolute Gasteiger partial charge is 0.461 e. The van der Waals surface area contributed by atoms with Crippen molar-refractivity contribution in [1.29, 1.82) is 0 Å². The molecule has 0 aliphatic carbocycles. The van der Waals surface area contributed by atoms with Crippen LogP contribution in [0, 0.1) is 0 Å². The van der Waals surface area contributed by atoms with Crippen LogP contribution in [0.1, 0.15) is 34.1 Å². The molecule has 0 atom stereocenters. The minimum absolute atomic E-state index is 0.00832. The van der Waals surface area contributed by atoms with Crippen LogP contribution in [0.3, 0.4) is 0 Å². The molecule has 0 aromatic carbocycles. The molecule has 0 spiro atoms. The predicted molar refractivity (Wildman–Crippen MR) is 84.3 cm³/mol. The summed E-state index contributed by atoms with van der Waals surface area (Å²) in [7, 11) is 0. The highest BCUT2D eigenvalue weighted by molar-refractivity contribution is 5.34. The second-order valence-electron chi connectivity index (χ2n) is 4.94. The zero-order valence-corrected chi connectivity index (χ0v) is 13.4. The standard InChI is InChI=1S/C13H27N7O/c1-5-8-20(6-2)9-7-15-11-16-12(19-14)18-13(17-11)21-10(3)4/h10H,5-9,14H2,1-4H3,(H2,15,16,17,18,19). The number of nitrogens with two attached hydrogens (primary N) is 1. The minimum atomic E-state index is -0.00832. The molecule has 120 valence electrons. The second kappa shape index (κ2) is 9.30. The summed E-state index contributed by atoms with van der Waals surface area (Å²) >= 11 is 0. The van der Waals surface area contributed by atoms with E-state index in [0.717, 1.165) is 32.6 Å². The van der Waals surface area contributed by atoms with E-state index in [2.05, 4.69) is 44.4 Å². The van der Waals surface area contributed by atoms with Gasteiger partial charge in [-0.2, -0.15) is 15.0 Å². The minimum Gasteiger partial charge on any atom is -0.461 e. The normalized spacial score (nSPS) is 11.0. The van der Waals surface area contributed by atoms with Gasteiger partial charge in [0.15, 0.2) is 0 Å². The van der Waals surface area contributed by atoms with Crippen molar-refractivity contribution in [3.63, 3.8) is 0 Å². The summed E-state index contributed by atoms with van der Waals surface area (Å²) in [6.07, 6.45) is 1.14. The van der Waals surface area contributed by atoms with Crippen molar-refractivity contribution in [1.82, 2.24) is 19.9 Å². The first-order chi connectivity index (χ1) is 10.1. The summed E-state index contributed by atoms with van der Waals surface area (Å²) < 4.78 is 5.48. The van der Waals surface area contributed by atoms with Gasteiger partial charge in [0.1, 0.15) is 0 Å². The van der Waals surface area contributed by atoms with E-state index in [0.29, 0.717) is 5.95 Å². The van der Waals surface area contributed by atoms with E-state index in [-0.39, 0.29) is 18.1 Å². The average molecular weight is 297 g/mol. The van der Waals surface area contributed by atoms with Crippen LogP contribution in [0.15, 0.2) is 0 Å². The van der Waals surface area contributed by atoms with Crippen LogP contribution in [-0.4, -0.2) is 52.1 Å². The van der Waals surface area contributed by atoms with Gasteiger partial charge < -0.3 is 15.0 Å². The highest BCUT2D eigenvalue weighted by Gasteiger charge is 2.08. The Balaban J connectivity index is 2.60. The number of aromatic nitrogens is 3. The topological polar surface area (TPSA) is 101 Å². The lowest BCUT2D eigenvalue weighted by molar-refractivity contribution is 0.222. The number of likely N-dealkylation sites (N-methyl/N-ethyl adjacent to an activating group) is 1. The molecule has 1 aromatic rings. The predicted octanol–water partition coefficient (Wildman–Crippen LogP) is 1.09. The van der Waals surface area contributed by atoms with Crippen molar-refractivity contribution < 1.29 is 4.74 Å². The number of nitrogen functional groups attached to an aromatic ring is 1. The fraction of sp³-hybridized carbons (Fsp3) is 0.769. The third kappa shape index (κ3) is 6.54. The van der Waals surface area contributed by atoms with Crippen molar-refractivity contribution in [2.75, 3.05) is 36.9 Å². The highest BCUT2D eigenvalue weighted by Crippen LogP contribution is 2.11. The quantitative estimate of drug-likeness (QED) is 0.436. The number of ether oxygens (including phenoxy) is 1. The molecule has 1 heterocycles. The fourth-order valence-corrected chi connectivity index (χ4v) is 1.83. The van der Waals surface area contributed by atoms with Crippen molar-refractivity contribution in [2.24, 2.45) is 5.84 Å². The molecule has 4 N–H and O–H groups in total. The van der Waals surface area contributed by atoms with E-state index < -0.39 is 0 Å². The molecule has 1 rings (SSSR count). The Morgan fingerprint density at radius 3 is 2.43 bits per heavy atom. The Hall–Kier alpha value is -1.67. The zero-order chi connectivity index (χ0) is 15.7. The summed E-state index contributed by atoms with van der Waals surface area (Å²) in [5.74, 6) is 6.10. The number of hydrogen-bond acceptors (Lipinski definition) is 8. The average Bonchev–Trinajstić information content (AvgIpc) is 2.45. The summed E-state index contributed by atoms with van der Waals surface area (Å²) in [5.41, 5.74) is 2.42. The van der Waals surface area contributed by atoms with Gasteiger partial charge in [-0.25, -0.2) is 5.84 Å². The van der Waals surface area contributed by atoms with E-state index in [9.17, 15) is 0 Å². The molecule has 0 aliphatic rings. The van der Waals surface area contributed by atoms with Gasteiger partial charge in [-0.15, -0.1) is 0 Å². The van der Waals surface area contributed by atoms with Crippen molar-refractivity contribution in [2.45, 2.75) is 40.2 Å². The first-order valence-corrected chi connectivity index (χ1v) is 7.44. The summed E-state index contributed by atoms with van der Waals surface area (Å²) in [4.78, 5) is 14.8. The van der Waals surface area contributed by atoms with Crippen LogP contribution in [0.25, 0.3) is 0 Å². The van der Waals surface area contributed by atoms with Crippen LogP contribution < -0.4 is 21.3 Å². The van der Waals surface area contributed by atoms with Crippen molar-refractivity contribution in [3.8, 4) is 6.01 Å². The molecule has 1 aromatic heterocycles. The van der Waals surface area contributed by atoms with Crippen LogP contribution in [0.5, 0.6) is 6.01 Å². The molecule has 0 saturated carbocycles. The van der Waals surface area contributed by atoms with Crippen molar-refractivity contribution in [3.05, 3.63) is 0 Å². The van der Waals surface area contributed by atoms with Crippen LogP contribution >= 0.6 is 0 Å². The first-order valence-electron chi connectivity index (χ1n) is 7.44. The summed E-state index contributed by atoms with van der Waals surface area (Å²) in [6.45, 7) is 12.0. The van der Waals surface area contributed by atoms with E-state index in [4.69, 9.17) is 10.6 Å². The lowest BCUT2D eigenvalue weighted by atomic mass is 10.4. The third-order valence-electron chi connectivity index (χ3n) is 2.78. The number of nitrogens with zero attached hydrogens (tertiary/aromatic N) is 4. The number of anilines is 2. The van der Waals surface area contributed by atoms with Gasteiger partial charge in [-0.1, -0.05) is 13.8 Å². The van der Waals surface area contributed by atoms with Crippen molar-refractivity contribution >= 4 is 11.9 Å². The van der Waals surface area contributed by atoms with E-state index in [1.807, 2.05) is 13.8 Å². The van der Waals surface area contributed by atoms with E-state index >= 15 is 0 Å². The molecule has 8 heteroatoms. The number of rotatable bonds is 10. The van der Waals surface area contributed by atoms with Gasteiger partial charge in [0.05, 0.1) is 6.10 Å². The van der Waals surface area contributed by atoms with Gasteiger partial charge in [-0.05, 0) is 33.4 Å². The van der Waals surface area contributed by atoms with Crippen LogP contribution in [0.4, 0.5) is 11.9 Å². The first kappa shape index (κ1) is 17.4. The Kier molecular flexibility index (Phi) is 7.70. The Morgan fingerprint density at radius 2 is 1.86 bits per heavy atom. The number of hydrazine groups is 1. The van der Waals surface area contributed by atoms with Gasteiger partial charge in [0.25, 0.3) is 0 Å². The van der Waals surface area contributed by atoms with Gasteiger partial charge in [0, 0.05) is 13.1 Å². The maximum absolute atomic E-state index is 5.48. The second-order valence-corrected chi connectivity index (χ2v) is 4.94. The molecule has 0 fully saturated rings. The van der Waals surface area contributed by atoms with Gasteiger partial charge >= 0.3 is 6.01 Å². The lowest BCUT2D eigenvalue weighted by Gasteiger charge is -2.19. The molecular formula is C13H27N7O. The molecule has 0 radical (unpaired) electrons. The van der Waals surface area contributed by atoms with Gasteiger partial charge in [0.2, 0.25) is 11.9 Å². The number of nitrogens with one attached hydrogen (secondary N) is 2. The molecule has 8 nitrogen and oxygen atoms in total. The Bertz CT molecular complexity index is 414. The SMILES string of the molecule is CCCN(CC)CCNc1nc(NN)nc(OC(C)C)n1. The molecular weight excluding hydrogens is 270 g/mol. The van der Waals surface area contributed by atoms with Crippen LogP contribution in [0.2, 0.25) is 0 Å². The highest BCUT2D eigenvalue weighted by atomic mass is 16.5. The molecule has 0 aliphatic heterocycles. The summed E-state index contributed by atoms with van der Waals surface area (Å²) in [6, 6.07) is 0.261. The molecule has 0 unspecified atom stereocenters. The zero-order valence-electron chi connectivity index (χ0n) is 13.4. The van der Waals surface area contributed by atoms with Gasteiger partial charge in [-0.3, -0.25) is 5.43 Å². The maximum atomic E-state index is 5.48. The number of hydrogen-bond donors (Lipinski definition) is 3. The fourth-order valence-electron chi connectivity index (χ4n) is 1.83. The van der Waals surface area contributed by atoms with E-state index in [1.54, 1.807) is 0 Å². The third-order valence-corrected chi connectivity index (χ3v) is 2.78. The Labute approximate surface area is 126 Å². The van der Waals surface area contributed by atoms with Crippen LogP contribution in [-0.2, 0) is 0 Å². The monoisotopic (exact) mass is 297 g/mol.